The number of benzene rings is 1. The van der Waals surface area contributed by atoms with Crippen LogP contribution in [-0.2, 0) is 10.2 Å². The standard InChI is InChI=1S/C19H18Cl2N2O2/c1-3-25-17(24)12-6-4-11(5-7-12)14-18(2)9-19(14,10-18)15-16(21)23-13(20)8-22-15/h4-8,14H,3,9-10H2,1-2H3. The molecule has 1 heterocycles. The van der Waals surface area contributed by atoms with E-state index in [-0.39, 0.29) is 16.8 Å². The molecule has 2 bridgehead atoms. The molecule has 130 valence electrons. The number of rotatable bonds is 4. The van der Waals surface area contributed by atoms with Gasteiger partial charge in [0.05, 0.1) is 24.1 Å². The van der Waals surface area contributed by atoms with Gasteiger partial charge in [-0.25, -0.2) is 9.78 Å². The molecule has 0 N–H and O–H groups in total. The normalized spacial score (nSPS) is 29.5. The Balaban J connectivity index is 1.65. The number of carbonyl (C=O) groups excluding carboxylic acids is 1. The number of hydrogen-bond acceptors (Lipinski definition) is 4. The van der Waals surface area contributed by atoms with Crippen LogP contribution in [-0.4, -0.2) is 22.5 Å². The number of carbonyl (C=O) groups is 1. The first kappa shape index (κ1) is 16.8. The molecule has 2 aromatic rings. The summed E-state index contributed by atoms with van der Waals surface area (Å²) in [4.78, 5) is 20.5. The Labute approximate surface area is 156 Å². The maximum absolute atomic E-state index is 11.8. The summed E-state index contributed by atoms with van der Waals surface area (Å²) in [5.74, 6) is 0.0320. The zero-order chi connectivity index (χ0) is 17.8. The monoisotopic (exact) mass is 376 g/mol. The number of ether oxygens (including phenoxy) is 1. The third-order valence-corrected chi connectivity index (χ3v) is 6.06. The van der Waals surface area contributed by atoms with Crippen molar-refractivity contribution in [3.8, 4) is 0 Å². The van der Waals surface area contributed by atoms with Crippen LogP contribution in [0.2, 0.25) is 10.3 Å². The fourth-order valence-corrected chi connectivity index (χ4v) is 5.44. The average Bonchev–Trinajstić information content (AvgIpc) is 2.53. The van der Waals surface area contributed by atoms with Gasteiger partial charge >= 0.3 is 5.97 Å². The van der Waals surface area contributed by atoms with Gasteiger partial charge in [-0.1, -0.05) is 42.3 Å². The zero-order valence-corrected chi connectivity index (χ0v) is 15.6. The highest BCUT2D eigenvalue weighted by molar-refractivity contribution is 6.32. The van der Waals surface area contributed by atoms with Crippen molar-refractivity contribution in [2.24, 2.45) is 5.41 Å². The molecule has 1 unspecified atom stereocenters. The van der Waals surface area contributed by atoms with Crippen LogP contribution in [0.1, 0.15) is 54.2 Å². The number of aromatic nitrogens is 2. The van der Waals surface area contributed by atoms with Gasteiger partial charge in [0.25, 0.3) is 0 Å². The molecule has 3 aliphatic carbocycles. The Bertz CT molecular complexity index is 845. The van der Waals surface area contributed by atoms with Crippen LogP contribution >= 0.6 is 23.2 Å². The molecule has 1 atom stereocenters. The number of hydrogen-bond donors (Lipinski definition) is 0. The maximum atomic E-state index is 11.8. The molecular weight excluding hydrogens is 359 g/mol. The van der Waals surface area contributed by atoms with Gasteiger partial charge in [0.15, 0.2) is 5.15 Å². The lowest BCUT2D eigenvalue weighted by Gasteiger charge is -2.75. The van der Waals surface area contributed by atoms with Crippen LogP contribution in [0.3, 0.4) is 0 Å². The van der Waals surface area contributed by atoms with E-state index in [0.29, 0.717) is 28.4 Å². The molecule has 0 spiro atoms. The molecule has 5 rings (SSSR count). The lowest BCUT2D eigenvalue weighted by Crippen LogP contribution is -2.70. The van der Waals surface area contributed by atoms with Crippen molar-refractivity contribution in [1.29, 1.82) is 0 Å². The van der Waals surface area contributed by atoms with E-state index in [1.807, 2.05) is 24.3 Å². The van der Waals surface area contributed by atoms with Crippen molar-refractivity contribution < 1.29 is 9.53 Å². The molecule has 3 fully saturated rings. The van der Waals surface area contributed by atoms with Crippen LogP contribution in [0.15, 0.2) is 30.5 Å². The van der Waals surface area contributed by atoms with Gasteiger partial charge in [-0.05, 0) is 42.9 Å². The molecule has 6 heteroatoms. The third-order valence-electron chi connectivity index (χ3n) is 5.62. The highest BCUT2D eigenvalue weighted by Crippen LogP contribution is 2.81. The summed E-state index contributed by atoms with van der Waals surface area (Å²) in [5.41, 5.74) is 2.77. The molecule has 1 aromatic carbocycles. The van der Waals surface area contributed by atoms with E-state index in [9.17, 15) is 4.79 Å². The third kappa shape index (κ3) is 2.38. The molecule has 4 nitrogen and oxygen atoms in total. The van der Waals surface area contributed by atoms with E-state index >= 15 is 0 Å². The molecule has 0 saturated heterocycles. The first-order valence-electron chi connectivity index (χ1n) is 8.35. The molecular formula is C19H18Cl2N2O2. The fourth-order valence-electron chi connectivity index (χ4n) is 4.93. The second-order valence-electron chi connectivity index (χ2n) is 7.27. The first-order chi connectivity index (χ1) is 11.9. The predicted molar refractivity (Wildman–Crippen MR) is 96.2 cm³/mol. The summed E-state index contributed by atoms with van der Waals surface area (Å²) in [6.45, 7) is 4.46. The lowest BCUT2D eigenvalue weighted by molar-refractivity contribution is -0.163. The smallest absolute Gasteiger partial charge is 0.338 e. The van der Waals surface area contributed by atoms with E-state index in [1.165, 1.54) is 5.56 Å². The Kier molecular flexibility index (Phi) is 3.82. The van der Waals surface area contributed by atoms with E-state index in [1.54, 1.807) is 13.1 Å². The molecule has 3 saturated carbocycles. The average molecular weight is 377 g/mol. The lowest BCUT2D eigenvalue weighted by atomic mass is 9.28. The van der Waals surface area contributed by atoms with Crippen molar-refractivity contribution in [2.75, 3.05) is 6.61 Å². The van der Waals surface area contributed by atoms with Crippen molar-refractivity contribution in [3.05, 3.63) is 57.6 Å². The molecule has 0 amide bonds. The van der Waals surface area contributed by atoms with Crippen LogP contribution in [0.5, 0.6) is 0 Å². The summed E-state index contributed by atoms with van der Waals surface area (Å²) in [7, 11) is 0. The Morgan fingerprint density at radius 3 is 2.52 bits per heavy atom. The minimum Gasteiger partial charge on any atom is -0.462 e. The van der Waals surface area contributed by atoms with Crippen LogP contribution in [0.25, 0.3) is 0 Å². The van der Waals surface area contributed by atoms with Gasteiger partial charge in [0.1, 0.15) is 5.15 Å². The predicted octanol–water partition coefficient (Wildman–Crippen LogP) is 4.80. The van der Waals surface area contributed by atoms with Gasteiger partial charge in [-0.15, -0.1) is 0 Å². The minimum absolute atomic E-state index is 0.0745. The van der Waals surface area contributed by atoms with Gasteiger partial charge in [0.2, 0.25) is 0 Å². The van der Waals surface area contributed by atoms with E-state index in [2.05, 4.69) is 16.9 Å². The van der Waals surface area contributed by atoms with Gasteiger partial charge in [0, 0.05) is 11.3 Å². The second-order valence-corrected chi connectivity index (χ2v) is 8.02. The van der Waals surface area contributed by atoms with Gasteiger partial charge in [-0.2, -0.15) is 0 Å². The summed E-state index contributed by atoms with van der Waals surface area (Å²) in [6, 6.07) is 7.69. The highest BCUT2D eigenvalue weighted by atomic mass is 35.5. The number of esters is 1. The van der Waals surface area contributed by atoms with Crippen molar-refractivity contribution >= 4 is 29.2 Å². The van der Waals surface area contributed by atoms with Crippen LogP contribution in [0, 0.1) is 5.41 Å². The molecule has 0 aliphatic heterocycles. The molecule has 1 aromatic heterocycles. The Morgan fingerprint density at radius 1 is 1.28 bits per heavy atom. The molecule has 25 heavy (non-hydrogen) atoms. The largest absolute Gasteiger partial charge is 0.462 e. The van der Waals surface area contributed by atoms with Crippen LogP contribution < -0.4 is 0 Å². The van der Waals surface area contributed by atoms with Crippen molar-refractivity contribution in [2.45, 2.75) is 38.0 Å². The summed E-state index contributed by atoms with van der Waals surface area (Å²) >= 11 is 12.2. The van der Waals surface area contributed by atoms with E-state index < -0.39 is 0 Å². The quantitative estimate of drug-likeness (QED) is 0.719. The maximum Gasteiger partial charge on any atom is 0.338 e. The topological polar surface area (TPSA) is 52.1 Å². The minimum atomic E-state index is -0.291. The first-order valence-corrected chi connectivity index (χ1v) is 9.11. The summed E-state index contributed by atoms with van der Waals surface area (Å²) in [6.07, 6.45) is 3.65. The summed E-state index contributed by atoms with van der Waals surface area (Å²) < 4.78 is 5.05. The molecule has 3 aliphatic rings. The van der Waals surface area contributed by atoms with Crippen LogP contribution in [0.4, 0.5) is 0 Å². The zero-order valence-electron chi connectivity index (χ0n) is 14.1. The SMILES string of the molecule is CCOC(=O)c1ccc(C2C3(C)CC2(c2ncc(Cl)nc2Cl)C3)cc1. The second kappa shape index (κ2) is 5.68. The van der Waals surface area contributed by atoms with E-state index in [4.69, 9.17) is 27.9 Å². The summed E-state index contributed by atoms with van der Waals surface area (Å²) in [5, 5.41) is 0.698. The highest BCUT2D eigenvalue weighted by Gasteiger charge is 2.75. The number of nitrogens with zero attached hydrogens (tertiary/aromatic N) is 2. The van der Waals surface area contributed by atoms with Gasteiger partial charge < -0.3 is 4.74 Å². The van der Waals surface area contributed by atoms with Crippen molar-refractivity contribution in [3.63, 3.8) is 0 Å². The van der Waals surface area contributed by atoms with Crippen molar-refractivity contribution in [1.82, 2.24) is 9.97 Å². The van der Waals surface area contributed by atoms with E-state index in [0.717, 1.165) is 18.5 Å². The Hall–Kier alpha value is -1.65. The number of halogens is 2. The Morgan fingerprint density at radius 2 is 1.96 bits per heavy atom. The molecule has 0 radical (unpaired) electrons. The van der Waals surface area contributed by atoms with Gasteiger partial charge in [-0.3, -0.25) is 4.98 Å². The fraction of sp³-hybridized carbons (Fsp3) is 0.421.